The molecule has 0 atom stereocenters. The van der Waals surface area contributed by atoms with E-state index in [0.29, 0.717) is 27.9 Å². The number of hydrogen-bond donors (Lipinski definition) is 2. The highest BCUT2D eigenvalue weighted by Crippen LogP contribution is 2.22. The summed E-state index contributed by atoms with van der Waals surface area (Å²) in [6.07, 6.45) is 0. The molecule has 0 fully saturated rings. The normalized spacial score (nSPS) is 11.4. The molecule has 4 rings (SSSR count). The summed E-state index contributed by atoms with van der Waals surface area (Å²) in [5, 5.41) is 0.476. The third-order valence-corrected chi connectivity index (χ3v) is 6.91. The highest BCUT2D eigenvalue weighted by Gasteiger charge is 2.19. The van der Waals surface area contributed by atoms with Crippen molar-refractivity contribution in [2.75, 3.05) is 11.8 Å². The molecule has 1 amide bonds. The number of carbonyl (C=O) groups excluding carboxylic acids is 1. The zero-order chi connectivity index (χ0) is 24.5. The number of aromatic nitrogens is 2. The monoisotopic (exact) mass is 476 g/mol. The van der Waals surface area contributed by atoms with Crippen molar-refractivity contribution in [3.05, 3.63) is 99.6 Å². The van der Waals surface area contributed by atoms with Crippen LogP contribution in [0.3, 0.4) is 0 Å². The van der Waals surface area contributed by atoms with Crippen LogP contribution < -0.4 is 10.3 Å². The molecule has 3 aromatic carbocycles. The minimum absolute atomic E-state index is 0.0807. The van der Waals surface area contributed by atoms with Crippen LogP contribution in [0.15, 0.2) is 76.4 Å². The Bertz CT molecular complexity index is 1560. The minimum atomic E-state index is -3.83. The third-order valence-electron chi connectivity index (χ3n) is 5.39. The fraction of sp³-hybridized carbons (Fsp3) is 0.160. The van der Waals surface area contributed by atoms with E-state index in [1.54, 1.807) is 68.6 Å². The molecule has 0 bridgehead atoms. The minimum Gasteiger partial charge on any atom is -0.334 e. The number of sulfonamides is 1. The summed E-state index contributed by atoms with van der Waals surface area (Å²) in [7, 11) is -2.24. The summed E-state index contributed by atoms with van der Waals surface area (Å²) < 4.78 is 28.4. The molecule has 9 heteroatoms. The molecule has 8 nitrogen and oxygen atoms in total. The second-order valence-corrected chi connectivity index (χ2v) is 9.80. The van der Waals surface area contributed by atoms with Gasteiger partial charge in [-0.1, -0.05) is 30.3 Å². The first-order valence-electron chi connectivity index (χ1n) is 10.6. The Morgan fingerprint density at radius 1 is 1.03 bits per heavy atom. The maximum absolute atomic E-state index is 13.0. The summed E-state index contributed by atoms with van der Waals surface area (Å²) in [6.45, 7) is 3.64. The van der Waals surface area contributed by atoms with Crippen LogP contribution in [0, 0.1) is 13.8 Å². The van der Waals surface area contributed by atoms with E-state index < -0.39 is 10.0 Å². The van der Waals surface area contributed by atoms with E-state index >= 15 is 0 Å². The van der Waals surface area contributed by atoms with Gasteiger partial charge in [0.1, 0.15) is 5.82 Å². The average Bonchev–Trinajstić information content (AvgIpc) is 2.80. The zero-order valence-electron chi connectivity index (χ0n) is 19.0. The topological polar surface area (TPSA) is 112 Å². The van der Waals surface area contributed by atoms with Crippen molar-refractivity contribution in [2.24, 2.45) is 0 Å². The van der Waals surface area contributed by atoms with Gasteiger partial charge in [-0.3, -0.25) is 14.3 Å². The molecule has 4 aromatic rings. The Kier molecular flexibility index (Phi) is 6.21. The van der Waals surface area contributed by atoms with Crippen molar-refractivity contribution < 1.29 is 13.2 Å². The fourth-order valence-electron chi connectivity index (χ4n) is 3.65. The molecule has 1 heterocycles. The number of fused-ring (bicyclic) bond motifs is 1. The molecule has 0 aliphatic heterocycles. The first kappa shape index (κ1) is 23.2. The molecule has 0 aliphatic rings. The number of nitrogens with zero attached hydrogens (tertiary/aromatic N) is 2. The van der Waals surface area contributed by atoms with E-state index in [0.717, 1.165) is 5.56 Å². The van der Waals surface area contributed by atoms with Gasteiger partial charge < -0.3 is 9.88 Å². The van der Waals surface area contributed by atoms with Gasteiger partial charge in [-0.15, -0.1) is 0 Å². The largest absolute Gasteiger partial charge is 0.334 e. The summed E-state index contributed by atoms with van der Waals surface area (Å²) in [5.41, 5.74) is 2.30. The van der Waals surface area contributed by atoms with Crippen LogP contribution in [0.1, 0.15) is 27.3 Å². The Labute approximate surface area is 197 Å². The van der Waals surface area contributed by atoms with Gasteiger partial charge in [-0.2, -0.15) is 0 Å². The van der Waals surface area contributed by atoms with Crippen LogP contribution in [0.4, 0.5) is 5.69 Å². The number of benzene rings is 3. The van der Waals surface area contributed by atoms with Crippen LogP contribution in [-0.4, -0.2) is 36.2 Å². The summed E-state index contributed by atoms with van der Waals surface area (Å²) in [6, 6.07) is 18.5. The van der Waals surface area contributed by atoms with E-state index in [1.165, 1.54) is 11.0 Å². The fourth-order valence-corrected chi connectivity index (χ4v) is 5.03. The Morgan fingerprint density at radius 3 is 2.59 bits per heavy atom. The van der Waals surface area contributed by atoms with Gasteiger partial charge in [0.25, 0.3) is 21.5 Å². The number of rotatable bonds is 6. The van der Waals surface area contributed by atoms with Gasteiger partial charge in [-0.05, 0) is 61.4 Å². The molecule has 0 aliphatic carbocycles. The van der Waals surface area contributed by atoms with Gasteiger partial charge >= 0.3 is 0 Å². The standard InChI is InChI=1S/C25H24N4O4S/c1-16-11-12-17(2)22(13-16)34(32,33)28-19-8-6-7-18(14-19)25(31)29(3)15-23-26-21-10-5-4-9-20(21)24(30)27-23/h4-14,28H,15H2,1-3H3,(H,26,27,30). The summed E-state index contributed by atoms with van der Waals surface area (Å²) >= 11 is 0. The molecular formula is C25H24N4O4S. The predicted octanol–water partition coefficient (Wildman–Crippen LogP) is 3.61. The van der Waals surface area contributed by atoms with Gasteiger partial charge in [-0.25, -0.2) is 13.4 Å². The number of H-pyrrole nitrogens is 1. The third kappa shape index (κ3) is 4.84. The van der Waals surface area contributed by atoms with Crippen molar-refractivity contribution in [1.82, 2.24) is 14.9 Å². The molecule has 0 saturated heterocycles. The highest BCUT2D eigenvalue weighted by atomic mass is 32.2. The number of hydrogen-bond acceptors (Lipinski definition) is 5. The average molecular weight is 477 g/mol. The first-order valence-corrected chi connectivity index (χ1v) is 12.1. The molecule has 34 heavy (non-hydrogen) atoms. The molecule has 0 radical (unpaired) electrons. The van der Waals surface area contributed by atoms with Crippen LogP contribution in [0.2, 0.25) is 0 Å². The lowest BCUT2D eigenvalue weighted by Gasteiger charge is -2.17. The second kappa shape index (κ2) is 9.11. The number of carbonyl (C=O) groups is 1. The number of aryl methyl sites for hydroxylation is 2. The maximum Gasteiger partial charge on any atom is 0.262 e. The Morgan fingerprint density at radius 2 is 1.79 bits per heavy atom. The van der Waals surface area contributed by atoms with E-state index in [9.17, 15) is 18.0 Å². The maximum atomic E-state index is 13.0. The van der Waals surface area contributed by atoms with Crippen molar-refractivity contribution in [3.63, 3.8) is 0 Å². The van der Waals surface area contributed by atoms with E-state index in [2.05, 4.69) is 14.7 Å². The second-order valence-electron chi connectivity index (χ2n) is 8.15. The lowest BCUT2D eigenvalue weighted by atomic mass is 10.2. The van der Waals surface area contributed by atoms with Crippen molar-refractivity contribution in [2.45, 2.75) is 25.3 Å². The van der Waals surface area contributed by atoms with Crippen molar-refractivity contribution in [1.29, 1.82) is 0 Å². The van der Waals surface area contributed by atoms with E-state index in [4.69, 9.17) is 0 Å². The molecular weight excluding hydrogens is 452 g/mol. The van der Waals surface area contributed by atoms with Crippen LogP contribution in [0.25, 0.3) is 10.9 Å². The van der Waals surface area contributed by atoms with Gasteiger partial charge in [0.15, 0.2) is 0 Å². The van der Waals surface area contributed by atoms with Gasteiger partial charge in [0, 0.05) is 18.3 Å². The number of aromatic amines is 1. The summed E-state index contributed by atoms with van der Waals surface area (Å²) in [5.74, 6) is 0.00919. The number of anilines is 1. The SMILES string of the molecule is Cc1ccc(C)c(S(=O)(=O)Nc2cccc(C(=O)N(C)Cc3nc4ccccc4c(=O)[nH]3)c2)c1. The highest BCUT2D eigenvalue weighted by molar-refractivity contribution is 7.92. The van der Waals surface area contributed by atoms with Crippen LogP contribution in [-0.2, 0) is 16.6 Å². The molecule has 0 saturated carbocycles. The number of amides is 1. The predicted molar refractivity (Wildman–Crippen MR) is 131 cm³/mol. The number of para-hydroxylation sites is 1. The van der Waals surface area contributed by atoms with Crippen LogP contribution >= 0.6 is 0 Å². The van der Waals surface area contributed by atoms with Gasteiger partial charge in [0.05, 0.1) is 22.3 Å². The number of nitrogens with one attached hydrogen (secondary N) is 2. The molecule has 174 valence electrons. The van der Waals surface area contributed by atoms with Gasteiger partial charge in [0.2, 0.25) is 0 Å². The Hall–Kier alpha value is -3.98. The molecule has 1 aromatic heterocycles. The van der Waals surface area contributed by atoms with Crippen molar-refractivity contribution >= 4 is 32.5 Å². The Balaban J connectivity index is 1.55. The smallest absolute Gasteiger partial charge is 0.262 e. The quantitative estimate of drug-likeness (QED) is 0.441. The molecule has 2 N–H and O–H groups in total. The van der Waals surface area contributed by atoms with E-state index in [1.807, 2.05) is 13.0 Å². The zero-order valence-corrected chi connectivity index (χ0v) is 19.8. The van der Waals surface area contributed by atoms with E-state index in [-0.39, 0.29) is 28.6 Å². The lowest BCUT2D eigenvalue weighted by molar-refractivity contribution is 0.0781. The first-order chi connectivity index (χ1) is 16.1. The molecule has 0 unspecified atom stereocenters. The summed E-state index contributed by atoms with van der Waals surface area (Å²) in [4.78, 5) is 34.0. The lowest BCUT2D eigenvalue weighted by Crippen LogP contribution is -2.28. The van der Waals surface area contributed by atoms with Crippen molar-refractivity contribution in [3.8, 4) is 0 Å². The molecule has 0 spiro atoms. The van der Waals surface area contributed by atoms with Crippen LogP contribution in [0.5, 0.6) is 0 Å².